The van der Waals surface area contributed by atoms with Gasteiger partial charge in [-0.1, -0.05) is 24.3 Å². The van der Waals surface area contributed by atoms with Gasteiger partial charge < -0.3 is 67.8 Å². The van der Waals surface area contributed by atoms with Crippen LogP contribution in [0.2, 0.25) is 0 Å². The van der Waals surface area contributed by atoms with E-state index in [-0.39, 0.29) is 54.8 Å². The molecule has 7 aromatic heterocycles. The molecule has 0 bridgehead atoms. The van der Waals surface area contributed by atoms with E-state index in [0.29, 0.717) is 43.5 Å². The van der Waals surface area contributed by atoms with E-state index in [9.17, 15) is 23.6 Å². The van der Waals surface area contributed by atoms with Gasteiger partial charge >= 0.3 is 0 Å². The van der Waals surface area contributed by atoms with Crippen molar-refractivity contribution in [2.45, 2.75) is 85.5 Å². The Balaban J connectivity index is 0.000000139. The van der Waals surface area contributed by atoms with Crippen molar-refractivity contribution in [3.05, 3.63) is 314 Å². The molecule has 120 heavy (non-hydrogen) atoms. The summed E-state index contributed by atoms with van der Waals surface area (Å²) in [7, 11) is 14.8. The number of methoxy groups -OCH3 is 3. The fourth-order valence-corrected chi connectivity index (χ4v) is 15.1. The van der Waals surface area contributed by atoms with E-state index in [4.69, 9.17) is 31.9 Å². The third-order valence-corrected chi connectivity index (χ3v) is 21.5. The van der Waals surface area contributed by atoms with Crippen LogP contribution >= 0.6 is 0 Å². The summed E-state index contributed by atoms with van der Waals surface area (Å²) >= 11 is 0. The van der Waals surface area contributed by atoms with Gasteiger partial charge in [0.2, 0.25) is 29.6 Å². The number of likely N-dealkylation sites (tertiary alicyclic amines) is 1. The lowest BCUT2D eigenvalue weighted by molar-refractivity contribution is -0.121. The average Bonchev–Trinajstić information content (AvgIpc) is 1.64. The Morgan fingerprint density at radius 2 is 0.867 bits per heavy atom. The molecular weight excluding hydrogens is 1510 g/mol. The predicted molar refractivity (Wildman–Crippen MR) is 469 cm³/mol. The molecule has 4 amide bonds. The summed E-state index contributed by atoms with van der Waals surface area (Å²) < 4.78 is 51.4. The lowest BCUT2D eigenvalue weighted by Crippen LogP contribution is -2.36. The van der Waals surface area contributed by atoms with Gasteiger partial charge in [0.05, 0.1) is 91.7 Å². The molecule has 4 N–H and O–H groups in total. The van der Waals surface area contributed by atoms with E-state index in [1.165, 1.54) is 12.1 Å². The first-order chi connectivity index (χ1) is 58.1. The predicted octanol–water partition coefficient (Wildman–Crippen LogP) is 17.6. The molecule has 614 valence electrons. The molecule has 1 unspecified atom stereocenters. The molecule has 5 aliphatic rings. The van der Waals surface area contributed by atoms with Crippen LogP contribution in [0, 0.1) is 5.82 Å². The number of likely N-dealkylation sites (N-methyl/N-ethyl adjacent to an activating group) is 1. The van der Waals surface area contributed by atoms with E-state index >= 15 is 0 Å². The summed E-state index contributed by atoms with van der Waals surface area (Å²) in [5, 5.41) is 11.9. The number of aromatic nitrogens is 4. The number of fused-ring (bicyclic) bond motifs is 4. The minimum Gasteiger partial charge on any atom is -0.497 e. The Morgan fingerprint density at radius 1 is 0.458 bits per heavy atom. The first-order valence-electron chi connectivity index (χ1n) is 39.5. The largest absolute Gasteiger partial charge is 0.497 e. The summed E-state index contributed by atoms with van der Waals surface area (Å²) in [5.74, 6) is 6.23. The molecule has 4 aromatic carbocycles. The van der Waals surface area contributed by atoms with Crippen molar-refractivity contribution in [1.82, 2.24) is 46.1 Å². The minimum atomic E-state index is -0.325. The first kappa shape index (κ1) is 84.0. The van der Waals surface area contributed by atoms with E-state index in [1.807, 2.05) is 155 Å². The molecule has 11 aromatic rings. The summed E-state index contributed by atoms with van der Waals surface area (Å²) in [6.07, 6.45) is 25.8. The van der Waals surface area contributed by atoms with Gasteiger partial charge in [-0.25, -0.2) is 19.3 Å². The van der Waals surface area contributed by atoms with Crippen LogP contribution in [0.15, 0.2) is 242 Å². The lowest BCUT2D eigenvalue weighted by atomic mass is 10.0. The quantitative estimate of drug-likeness (QED) is 0.0438. The van der Waals surface area contributed by atoms with Crippen molar-refractivity contribution in [1.29, 1.82) is 0 Å². The summed E-state index contributed by atoms with van der Waals surface area (Å²) in [6, 6.07) is 45.6. The van der Waals surface area contributed by atoms with Crippen LogP contribution in [0.25, 0.3) is 68.9 Å². The number of furan rings is 4. The molecule has 0 spiro atoms. The molecule has 22 nitrogen and oxygen atoms in total. The van der Waals surface area contributed by atoms with Crippen molar-refractivity contribution >= 4 is 104 Å². The molecule has 0 radical (unpaired) electrons. The SMILES string of the molecule is CC1=C(CC(=O)NCc2ccco2)c2cc(F)ccc2/C1=C\c1ccco1.COc1ccc2c(c1)C(CC(=O)NC1CCN(C)C1)=C(C)/C2=C/c1ccncc1.COc1ccc2c(c1)C(CC(=O)NCc1ccco1)=C(C)/C2=C/c1ccc(N(C)C)nc1.COc1ccc2c(c1)C(CC(=O)NCc1ccco1)=C(C)/C2=C/c1cnc(N(C)C)nc1. The number of nitrogens with one attached hydrogen (secondary N) is 4. The maximum absolute atomic E-state index is 13.9. The number of hydrogen-bond donors (Lipinski definition) is 4. The maximum Gasteiger partial charge on any atom is 0.224 e. The Morgan fingerprint density at radius 3 is 1.26 bits per heavy atom. The number of amides is 4. The van der Waals surface area contributed by atoms with Crippen LogP contribution < -0.4 is 45.3 Å². The van der Waals surface area contributed by atoms with Crippen molar-refractivity contribution in [3.63, 3.8) is 0 Å². The van der Waals surface area contributed by atoms with E-state index < -0.39 is 0 Å². The minimum absolute atomic E-state index is 0.0530. The van der Waals surface area contributed by atoms with E-state index in [0.717, 1.165) is 182 Å². The Hall–Kier alpha value is -13.9. The topological polar surface area (TPSA) is 258 Å². The van der Waals surface area contributed by atoms with Crippen LogP contribution in [-0.4, -0.2) is 124 Å². The Bertz CT molecular complexity index is 5590. The normalized spacial score (nSPS) is 15.6. The number of hydrogen-bond acceptors (Lipinski definition) is 18. The Kier molecular flexibility index (Phi) is 27.2. The van der Waals surface area contributed by atoms with Crippen LogP contribution in [0.1, 0.15) is 144 Å². The summed E-state index contributed by atoms with van der Waals surface area (Å²) in [4.78, 5) is 74.2. The summed E-state index contributed by atoms with van der Waals surface area (Å²) in [6.45, 7) is 11.2. The van der Waals surface area contributed by atoms with Gasteiger partial charge in [0.15, 0.2) is 0 Å². The second-order valence-corrected chi connectivity index (χ2v) is 30.0. The molecule has 1 fully saturated rings. The highest BCUT2D eigenvalue weighted by Gasteiger charge is 2.32. The summed E-state index contributed by atoms with van der Waals surface area (Å²) in [5.41, 5.74) is 23.4. The zero-order chi connectivity index (χ0) is 84.5. The van der Waals surface area contributed by atoms with Crippen LogP contribution in [-0.2, 0) is 38.8 Å². The average molecular weight is 1610 g/mol. The molecule has 1 saturated heterocycles. The van der Waals surface area contributed by atoms with Gasteiger partial charge in [-0.05, 0) is 316 Å². The van der Waals surface area contributed by atoms with Gasteiger partial charge in [0.25, 0.3) is 0 Å². The fraction of sp³-hybridized carbons (Fsp3) is 0.237. The smallest absolute Gasteiger partial charge is 0.224 e. The lowest BCUT2D eigenvalue weighted by Gasteiger charge is -2.14. The molecule has 1 atom stereocenters. The fourth-order valence-electron chi connectivity index (χ4n) is 15.1. The van der Waals surface area contributed by atoms with Crippen molar-refractivity contribution < 1.29 is 55.4 Å². The van der Waals surface area contributed by atoms with E-state index in [2.05, 4.69) is 103 Å². The highest BCUT2D eigenvalue weighted by atomic mass is 19.1. The maximum atomic E-state index is 13.9. The number of ether oxygens (including phenoxy) is 3. The van der Waals surface area contributed by atoms with Crippen molar-refractivity contribution in [2.24, 2.45) is 0 Å². The van der Waals surface area contributed by atoms with E-state index in [1.54, 1.807) is 95.4 Å². The second-order valence-electron chi connectivity index (χ2n) is 30.0. The van der Waals surface area contributed by atoms with Crippen LogP contribution in [0.3, 0.4) is 0 Å². The molecule has 4 aliphatic carbocycles. The van der Waals surface area contributed by atoms with Gasteiger partial charge in [0, 0.05) is 77.3 Å². The number of carbonyl (C=O) groups is 4. The van der Waals surface area contributed by atoms with Crippen molar-refractivity contribution in [3.8, 4) is 17.2 Å². The van der Waals surface area contributed by atoms with Gasteiger partial charge in [-0.2, -0.15) is 0 Å². The van der Waals surface area contributed by atoms with Gasteiger partial charge in [-0.15, -0.1) is 0 Å². The molecular formula is C97H98FN11O11. The zero-order valence-electron chi connectivity index (χ0n) is 69.5. The molecule has 16 rings (SSSR count). The van der Waals surface area contributed by atoms with Crippen molar-refractivity contribution in [2.75, 3.05) is 79.5 Å². The number of carbonyl (C=O) groups excluding carboxylic acids is 4. The number of nitrogens with zero attached hydrogens (tertiary/aromatic N) is 7. The molecule has 23 heteroatoms. The van der Waals surface area contributed by atoms with Crippen LogP contribution in [0.5, 0.6) is 17.2 Å². The van der Waals surface area contributed by atoms with Gasteiger partial charge in [0.1, 0.15) is 51.9 Å². The second kappa shape index (κ2) is 38.9. The molecule has 1 aliphatic heterocycles. The first-order valence-corrected chi connectivity index (χ1v) is 39.5. The number of pyridine rings is 2. The van der Waals surface area contributed by atoms with Gasteiger partial charge in [-0.3, -0.25) is 24.2 Å². The number of halogens is 1. The number of benzene rings is 4. The number of rotatable bonds is 24. The molecule has 0 saturated carbocycles. The molecule has 8 heterocycles. The van der Waals surface area contributed by atoms with Crippen LogP contribution in [0.4, 0.5) is 16.2 Å². The third kappa shape index (κ3) is 20.5. The Labute approximate surface area is 698 Å². The third-order valence-electron chi connectivity index (χ3n) is 21.5. The number of allylic oxidation sites excluding steroid dienone is 8. The zero-order valence-corrected chi connectivity index (χ0v) is 69.5. The number of anilines is 2. The standard InChI is InChI=1S/C26H27N3O3.C25H26N4O3.C24H27N3O2.C22H18FNO3/c1-17-22(12-18-7-10-25(27-15-18)29(2)3)21-9-8-19(31-4)13-24(21)23(17)14-26(30)28-16-20-6-5-11-32-20;1-16-21(10-17-13-27-25(28-14-17)29(2)3)20-8-7-18(31-4)11-23(20)22(16)12-24(30)26-15-19-6-5-9-32-19;1-16-21(12-17-6-9-25-10-7-17)20-5-4-19(29-3)13-23(20)22(16)14-24(28)26-18-8-11-27(2)15-18;1-14-19(11-16-4-2-8-26-16)18-7-6-15(23)10-21(18)20(14)12-22(25)24-13-17-5-3-9-27-17/h5-13,15H,14,16H2,1-4H3,(H,28,30);5-11,13-14H,12,15H2,1-4H3,(H,26,30);4-7,9-10,12-13,18H,8,11,14-15H2,1-3H3,(H,26,28);2-11H,12-13H2,1H3,(H,24,25)/b22-12-;21-10-;21-12-;19-11-. The highest BCUT2D eigenvalue weighted by molar-refractivity contribution is 6.12. The highest BCUT2D eigenvalue weighted by Crippen LogP contribution is 2.49. The monoisotopic (exact) mass is 1610 g/mol.